The molecule has 0 aromatic heterocycles. The summed E-state index contributed by atoms with van der Waals surface area (Å²) in [5.41, 5.74) is 0.889. The summed E-state index contributed by atoms with van der Waals surface area (Å²) in [6, 6.07) is 5.63. The number of carbonyl (C=O) groups is 1. The van der Waals surface area contributed by atoms with Gasteiger partial charge in [-0.2, -0.15) is 0 Å². The van der Waals surface area contributed by atoms with Crippen LogP contribution in [-0.2, 0) is 10.5 Å². The van der Waals surface area contributed by atoms with Crippen molar-refractivity contribution in [3.05, 3.63) is 33.8 Å². The summed E-state index contributed by atoms with van der Waals surface area (Å²) >= 11 is 13.7. The Morgan fingerprint density at radius 1 is 1.26 bits per heavy atom. The molecule has 106 valence electrons. The van der Waals surface area contributed by atoms with Gasteiger partial charge in [-0.1, -0.05) is 43.1 Å². The molecule has 5 heteroatoms. The van der Waals surface area contributed by atoms with Crippen molar-refractivity contribution in [2.45, 2.75) is 32.6 Å². The fourth-order valence-corrected chi connectivity index (χ4v) is 2.95. The predicted octanol–water partition coefficient (Wildman–Crippen LogP) is 4.39. The number of amides is 1. The lowest BCUT2D eigenvalue weighted by Gasteiger charge is -2.17. The summed E-state index contributed by atoms with van der Waals surface area (Å²) in [4.78, 5) is 11.7. The lowest BCUT2D eigenvalue weighted by molar-refractivity contribution is -0.119. The standard InChI is InChI=1S/C14H19Cl2NOS/c1-9(2)10(3)17-14(18)8-19-7-11-12(15)5-4-6-13(11)16/h4-6,9-10H,7-8H2,1-3H3,(H,17,18)/t10-/m1/s1. The van der Waals surface area contributed by atoms with Crippen LogP contribution >= 0.6 is 35.0 Å². The van der Waals surface area contributed by atoms with Gasteiger partial charge in [0.2, 0.25) is 5.91 Å². The summed E-state index contributed by atoms with van der Waals surface area (Å²) < 4.78 is 0. The first-order valence-corrected chi connectivity index (χ1v) is 8.13. The van der Waals surface area contributed by atoms with Crippen LogP contribution in [0.5, 0.6) is 0 Å². The molecule has 0 radical (unpaired) electrons. The Morgan fingerprint density at radius 3 is 2.37 bits per heavy atom. The molecule has 0 heterocycles. The van der Waals surface area contributed by atoms with Gasteiger partial charge in [-0.3, -0.25) is 4.79 Å². The van der Waals surface area contributed by atoms with Crippen LogP contribution in [0.25, 0.3) is 0 Å². The molecule has 2 nitrogen and oxygen atoms in total. The van der Waals surface area contributed by atoms with Gasteiger partial charge in [-0.15, -0.1) is 11.8 Å². The second kappa shape index (κ2) is 8.03. The van der Waals surface area contributed by atoms with Gasteiger partial charge in [0.25, 0.3) is 0 Å². The van der Waals surface area contributed by atoms with Crippen LogP contribution in [0, 0.1) is 5.92 Å². The highest BCUT2D eigenvalue weighted by atomic mass is 35.5. The van der Waals surface area contributed by atoms with Gasteiger partial charge in [0.1, 0.15) is 0 Å². The van der Waals surface area contributed by atoms with Crippen molar-refractivity contribution in [2.75, 3.05) is 5.75 Å². The Morgan fingerprint density at radius 2 is 1.84 bits per heavy atom. The van der Waals surface area contributed by atoms with Crippen LogP contribution in [0.1, 0.15) is 26.3 Å². The maximum atomic E-state index is 11.7. The van der Waals surface area contributed by atoms with Crippen LogP contribution in [-0.4, -0.2) is 17.7 Å². The van der Waals surface area contributed by atoms with Crippen LogP contribution in [0.2, 0.25) is 10.0 Å². The summed E-state index contributed by atoms with van der Waals surface area (Å²) in [5, 5.41) is 4.27. The summed E-state index contributed by atoms with van der Waals surface area (Å²) in [5.74, 6) is 1.54. The van der Waals surface area contributed by atoms with E-state index in [1.54, 1.807) is 0 Å². The summed E-state index contributed by atoms with van der Waals surface area (Å²) in [7, 11) is 0. The topological polar surface area (TPSA) is 29.1 Å². The number of nitrogens with one attached hydrogen (secondary N) is 1. The third kappa shape index (κ3) is 5.64. The van der Waals surface area contributed by atoms with Crippen LogP contribution < -0.4 is 5.32 Å². The highest BCUT2D eigenvalue weighted by molar-refractivity contribution is 7.99. The van der Waals surface area contributed by atoms with E-state index in [-0.39, 0.29) is 11.9 Å². The van der Waals surface area contributed by atoms with Crippen LogP contribution in [0.15, 0.2) is 18.2 Å². The molecule has 1 aromatic carbocycles. The van der Waals surface area contributed by atoms with Crippen molar-refractivity contribution in [3.63, 3.8) is 0 Å². The highest BCUT2D eigenvalue weighted by Crippen LogP contribution is 2.28. The Labute approximate surface area is 129 Å². The molecule has 1 N–H and O–H groups in total. The Hall–Kier alpha value is -0.380. The van der Waals surface area contributed by atoms with Crippen molar-refractivity contribution in [1.82, 2.24) is 5.32 Å². The Bertz CT molecular complexity index is 417. The highest BCUT2D eigenvalue weighted by Gasteiger charge is 2.11. The van der Waals surface area contributed by atoms with Gasteiger partial charge in [0, 0.05) is 21.8 Å². The number of rotatable bonds is 6. The van der Waals surface area contributed by atoms with Crippen molar-refractivity contribution >= 4 is 40.9 Å². The molecule has 0 unspecified atom stereocenters. The van der Waals surface area contributed by atoms with Gasteiger partial charge in [-0.25, -0.2) is 0 Å². The molecule has 0 bridgehead atoms. The second-order valence-corrected chi connectivity index (χ2v) is 6.59. The average molecular weight is 320 g/mol. The minimum absolute atomic E-state index is 0.0503. The van der Waals surface area contributed by atoms with Crippen molar-refractivity contribution in [3.8, 4) is 0 Å². The summed E-state index contributed by atoms with van der Waals surface area (Å²) in [6.07, 6.45) is 0. The SMILES string of the molecule is CC(C)[C@@H](C)NC(=O)CSCc1c(Cl)cccc1Cl. The number of benzene rings is 1. The maximum Gasteiger partial charge on any atom is 0.230 e. The normalized spacial score (nSPS) is 12.5. The van der Waals surface area contributed by atoms with Crippen molar-refractivity contribution in [1.29, 1.82) is 0 Å². The number of carbonyl (C=O) groups excluding carboxylic acids is 1. The van der Waals surface area contributed by atoms with E-state index >= 15 is 0 Å². The van der Waals surface area contributed by atoms with Crippen LogP contribution in [0.3, 0.4) is 0 Å². The first-order valence-electron chi connectivity index (χ1n) is 6.21. The monoisotopic (exact) mass is 319 g/mol. The molecule has 0 spiro atoms. The zero-order chi connectivity index (χ0) is 14.4. The molecule has 1 rings (SSSR count). The zero-order valence-corrected chi connectivity index (χ0v) is 13.7. The zero-order valence-electron chi connectivity index (χ0n) is 11.4. The fraction of sp³-hybridized carbons (Fsp3) is 0.500. The molecule has 1 aromatic rings. The molecule has 1 atom stereocenters. The quantitative estimate of drug-likeness (QED) is 0.842. The average Bonchev–Trinajstić information content (AvgIpc) is 2.32. The minimum Gasteiger partial charge on any atom is -0.353 e. The molecule has 0 aliphatic rings. The smallest absolute Gasteiger partial charge is 0.230 e. The number of halogens is 2. The first kappa shape index (κ1) is 16.7. The predicted molar refractivity (Wildman–Crippen MR) is 85.1 cm³/mol. The van der Waals surface area contributed by atoms with Gasteiger partial charge in [0.05, 0.1) is 5.75 Å². The third-order valence-electron chi connectivity index (χ3n) is 2.93. The van der Waals surface area contributed by atoms with Crippen molar-refractivity contribution < 1.29 is 4.79 Å². The van der Waals surface area contributed by atoms with Crippen molar-refractivity contribution in [2.24, 2.45) is 5.92 Å². The van der Waals surface area contributed by atoms with E-state index in [9.17, 15) is 4.79 Å². The molecule has 19 heavy (non-hydrogen) atoms. The third-order valence-corrected chi connectivity index (χ3v) is 4.60. The minimum atomic E-state index is 0.0503. The van der Waals surface area contributed by atoms with Gasteiger partial charge < -0.3 is 5.32 Å². The molecule has 0 saturated carbocycles. The number of thioether (sulfide) groups is 1. The van der Waals surface area contributed by atoms with Gasteiger partial charge in [0.15, 0.2) is 0 Å². The van der Waals surface area contributed by atoms with E-state index in [1.165, 1.54) is 11.8 Å². The van der Waals surface area contributed by atoms with E-state index in [2.05, 4.69) is 19.2 Å². The molecule has 0 saturated heterocycles. The van der Waals surface area contributed by atoms with E-state index in [0.717, 1.165) is 5.56 Å². The Kier molecular flexibility index (Phi) is 7.05. The lowest BCUT2D eigenvalue weighted by atomic mass is 10.1. The van der Waals surface area contributed by atoms with E-state index < -0.39 is 0 Å². The molecule has 0 fully saturated rings. The first-order chi connectivity index (χ1) is 8.91. The van der Waals surface area contributed by atoms with Gasteiger partial charge >= 0.3 is 0 Å². The fourth-order valence-electron chi connectivity index (χ4n) is 1.38. The van der Waals surface area contributed by atoms with E-state index in [4.69, 9.17) is 23.2 Å². The maximum absolute atomic E-state index is 11.7. The molecule has 0 aliphatic heterocycles. The molecular formula is C14H19Cl2NOS. The van der Waals surface area contributed by atoms with E-state index in [0.29, 0.717) is 27.5 Å². The molecular weight excluding hydrogens is 301 g/mol. The number of hydrogen-bond acceptors (Lipinski definition) is 2. The molecule has 0 aliphatic carbocycles. The largest absolute Gasteiger partial charge is 0.353 e. The molecule has 1 amide bonds. The van der Waals surface area contributed by atoms with E-state index in [1.807, 2.05) is 25.1 Å². The van der Waals surface area contributed by atoms with Gasteiger partial charge in [-0.05, 0) is 30.5 Å². The lowest BCUT2D eigenvalue weighted by Crippen LogP contribution is -2.37. The van der Waals surface area contributed by atoms with Crippen LogP contribution in [0.4, 0.5) is 0 Å². The second-order valence-electron chi connectivity index (χ2n) is 4.79. The Balaban J connectivity index is 2.40. The number of hydrogen-bond donors (Lipinski definition) is 1. The summed E-state index contributed by atoms with van der Waals surface area (Å²) in [6.45, 7) is 6.18.